The van der Waals surface area contributed by atoms with Crippen molar-refractivity contribution in [1.29, 1.82) is 0 Å². The number of aliphatic hydroxyl groups is 3. The highest BCUT2D eigenvalue weighted by Gasteiger charge is 2.63. The number of benzene rings is 4. The maximum Gasteiger partial charge on any atom is 0.338 e. The van der Waals surface area contributed by atoms with E-state index in [1.807, 2.05) is 91.0 Å². The van der Waals surface area contributed by atoms with Crippen LogP contribution in [-0.2, 0) is 42.6 Å². The Labute approximate surface area is 351 Å². The molecule has 3 N–H and O–H groups in total. The van der Waals surface area contributed by atoms with E-state index in [2.05, 4.69) is 0 Å². The second kappa shape index (κ2) is 18.9. The van der Waals surface area contributed by atoms with E-state index in [4.69, 9.17) is 66.5 Å². The SMILES string of the molecule is O=C(O[C@@]1(CCOCCC(=S)c2ccccc2)C(O)O[C@@H]2COC(c3ccccc3)O[C@@H]2[C@@H]1OC1O[C@@H]2COC(c3ccccc3)O[C@@H]2[C@H](O)[C@H]1O)c1ccc(Cl)cc1. The third kappa shape index (κ3) is 9.31. The summed E-state index contributed by atoms with van der Waals surface area (Å²) in [7, 11) is 0. The molecular weight excluding hydrogens is 804 g/mol. The second-order valence-corrected chi connectivity index (χ2v) is 15.6. The molecule has 0 amide bonds. The summed E-state index contributed by atoms with van der Waals surface area (Å²) >= 11 is 11.8. The molecule has 4 aliphatic rings. The van der Waals surface area contributed by atoms with Crippen molar-refractivity contribution in [1.82, 2.24) is 0 Å². The smallest absolute Gasteiger partial charge is 0.338 e. The first kappa shape index (κ1) is 42.0. The predicted octanol–water partition coefficient (Wildman–Crippen LogP) is 5.23. The standard InChI is InChI=1S/C44H45ClO13S/c45-30-18-16-27(17-19-30)39(48)58-44(21-23-50-22-20-33(59)26-10-4-1-5-11-26)38(37-32(54-43(44)49)25-52-41(56-37)29-14-8-3-9-15-29)57-42-35(47)34(46)36-31(53-42)24-51-40(55-36)28-12-6-2-7-13-28/h1-19,31-32,34-38,40-43,46-47,49H,20-25H2/t31-,32-,34-,35-,36+,37+,38+,40?,41?,42?,43?,44-/m1/s1. The van der Waals surface area contributed by atoms with Gasteiger partial charge >= 0.3 is 5.97 Å². The molecule has 15 heteroatoms. The van der Waals surface area contributed by atoms with Crippen molar-refractivity contribution in [2.24, 2.45) is 0 Å². The Kier molecular flexibility index (Phi) is 13.5. The van der Waals surface area contributed by atoms with Gasteiger partial charge in [0.05, 0.1) is 32.0 Å². The lowest BCUT2D eigenvalue weighted by Crippen LogP contribution is -2.72. The Balaban J connectivity index is 1.10. The summed E-state index contributed by atoms with van der Waals surface area (Å²) in [5, 5.41) is 35.6. The Bertz CT molecular complexity index is 1990. The van der Waals surface area contributed by atoms with Crippen LogP contribution in [-0.4, -0.2) is 113 Å². The largest absolute Gasteiger partial charge is 0.447 e. The van der Waals surface area contributed by atoms with Gasteiger partial charge in [-0.1, -0.05) is 115 Å². The van der Waals surface area contributed by atoms with E-state index in [9.17, 15) is 20.1 Å². The molecule has 0 aromatic heterocycles. The van der Waals surface area contributed by atoms with E-state index in [1.54, 1.807) is 0 Å². The highest BCUT2D eigenvalue weighted by Crippen LogP contribution is 2.45. The molecule has 4 heterocycles. The zero-order chi connectivity index (χ0) is 40.9. The van der Waals surface area contributed by atoms with Gasteiger partial charge in [0, 0.05) is 33.9 Å². The molecule has 4 fully saturated rings. The van der Waals surface area contributed by atoms with Crippen LogP contribution in [0, 0.1) is 0 Å². The van der Waals surface area contributed by atoms with Crippen molar-refractivity contribution >= 4 is 34.7 Å². The Morgan fingerprint density at radius 1 is 0.695 bits per heavy atom. The normalized spacial score (nSPS) is 33.0. The lowest BCUT2D eigenvalue weighted by molar-refractivity contribution is -0.418. The molecular formula is C44H45ClO13S. The number of carbonyl (C=O) groups excluding carboxylic acids is 1. The fourth-order valence-corrected chi connectivity index (χ4v) is 8.08. The van der Waals surface area contributed by atoms with Gasteiger partial charge in [-0.25, -0.2) is 4.79 Å². The van der Waals surface area contributed by atoms with Crippen LogP contribution in [0.25, 0.3) is 0 Å². The molecule has 0 saturated carbocycles. The maximum absolute atomic E-state index is 14.1. The molecule has 4 aromatic rings. The quantitative estimate of drug-likeness (QED) is 0.0695. The van der Waals surface area contributed by atoms with Gasteiger partial charge < -0.3 is 58.0 Å². The monoisotopic (exact) mass is 848 g/mol. The Morgan fingerprint density at radius 2 is 1.27 bits per heavy atom. The second-order valence-electron chi connectivity index (χ2n) is 14.7. The number of fused-ring (bicyclic) bond motifs is 2. The Hall–Kier alpha value is -3.71. The molecule has 0 radical (unpaired) electrons. The third-order valence-electron chi connectivity index (χ3n) is 10.9. The minimum absolute atomic E-state index is 0.00781. The molecule has 12 atom stereocenters. The predicted molar refractivity (Wildman–Crippen MR) is 214 cm³/mol. The zero-order valence-corrected chi connectivity index (χ0v) is 33.3. The van der Waals surface area contributed by atoms with Crippen molar-refractivity contribution in [3.8, 4) is 0 Å². The van der Waals surface area contributed by atoms with E-state index < -0.39 is 79.5 Å². The van der Waals surface area contributed by atoms with Crippen LogP contribution < -0.4 is 0 Å². The number of hydrogen-bond acceptors (Lipinski definition) is 14. The number of carbonyl (C=O) groups is 1. The summed E-state index contributed by atoms with van der Waals surface area (Å²) in [6, 6.07) is 34.0. The van der Waals surface area contributed by atoms with Crippen molar-refractivity contribution in [2.75, 3.05) is 26.4 Å². The molecule has 312 valence electrons. The first-order valence-electron chi connectivity index (χ1n) is 19.5. The number of aliphatic hydroxyl groups excluding tert-OH is 3. The van der Waals surface area contributed by atoms with Crippen LogP contribution >= 0.6 is 23.8 Å². The zero-order valence-electron chi connectivity index (χ0n) is 31.8. The molecule has 4 aromatic carbocycles. The molecule has 0 aliphatic carbocycles. The van der Waals surface area contributed by atoms with Gasteiger partial charge in [-0.05, 0) is 29.8 Å². The van der Waals surface area contributed by atoms with Crippen molar-refractivity contribution in [2.45, 2.75) is 86.3 Å². The molecule has 4 saturated heterocycles. The van der Waals surface area contributed by atoms with Gasteiger partial charge in [0.1, 0.15) is 42.7 Å². The number of halogens is 1. The van der Waals surface area contributed by atoms with Crippen LogP contribution in [0.15, 0.2) is 115 Å². The van der Waals surface area contributed by atoms with Gasteiger partial charge in [-0.3, -0.25) is 0 Å². The van der Waals surface area contributed by atoms with Gasteiger partial charge in [0.25, 0.3) is 0 Å². The fraction of sp³-hybridized carbons (Fsp3) is 0.409. The van der Waals surface area contributed by atoms with Gasteiger partial charge in [0.2, 0.25) is 0 Å². The lowest BCUT2D eigenvalue weighted by Gasteiger charge is -2.55. The van der Waals surface area contributed by atoms with Crippen LogP contribution in [0.4, 0.5) is 0 Å². The van der Waals surface area contributed by atoms with Gasteiger partial charge in [-0.15, -0.1) is 0 Å². The first-order valence-corrected chi connectivity index (χ1v) is 20.3. The molecule has 0 bridgehead atoms. The van der Waals surface area contributed by atoms with Gasteiger partial charge in [0.15, 0.2) is 30.8 Å². The summed E-state index contributed by atoms with van der Waals surface area (Å²) in [5.41, 5.74) is 0.393. The van der Waals surface area contributed by atoms with Crippen LogP contribution in [0.1, 0.15) is 52.5 Å². The van der Waals surface area contributed by atoms with E-state index in [-0.39, 0.29) is 38.4 Å². The fourth-order valence-electron chi connectivity index (χ4n) is 7.73. The summed E-state index contributed by atoms with van der Waals surface area (Å²) < 4.78 is 56.3. The van der Waals surface area contributed by atoms with E-state index in [0.29, 0.717) is 21.9 Å². The maximum atomic E-state index is 14.1. The number of ether oxygens (including phenoxy) is 9. The number of thiocarbonyl (C=S) groups is 1. The van der Waals surface area contributed by atoms with Crippen molar-refractivity contribution < 1.29 is 62.7 Å². The van der Waals surface area contributed by atoms with Crippen LogP contribution in [0.5, 0.6) is 0 Å². The summed E-state index contributed by atoms with van der Waals surface area (Å²) in [5.74, 6) is -0.834. The lowest BCUT2D eigenvalue weighted by atomic mass is 9.82. The molecule has 0 spiro atoms. The molecule has 59 heavy (non-hydrogen) atoms. The average Bonchev–Trinajstić information content (AvgIpc) is 3.27. The third-order valence-corrected chi connectivity index (χ3v) is 11.6. The highest BCUT2D eigenvalue weighted by atomic mass is 35.5. The molecule has 13 nitrogen and oxygen atoms in total. The summed E-state index contributed by atoms with van der Waals surface area (Å²) in [6.45, 7) is 0.102. The minimum atomic E-state index is -2.06. The first-order chi connectivity index (χ1) is 28.7. The topological polar surface area (TPSA) is 161 Å². The highest BCUT2D eigenvalue weighted by molar-refractivity contribution is 7.80. The summed E-state index contributed by atoms with van der Waals surface area (Å²) in [4.78, 5) is 14.8. The van der Waals surface area contributed by atoms with Gasteiger partial charge in [-0.2, -0.15) is 0 Å². The average molecular weight is 849 g/mol. The van der Waals surface area contributed by atoms with Crippen LogP contribution in [0.2, 0.25) is 5.02 Å². The number of esters is 1. The minimum Gasteiger partial charge on any atom is -0.447 e. The van der Waals surface area contributed by atoms with Crippen LogP contribution in [0.3, 0.4) is 0 Å². The van der Waals surface area contributed by atoms with E-state index >= 15 is 0 Å². The summed E-state index contributed by atoms with van der Waals surface area (Å²) in [6.07, 6.45) is -13.3. The molecule has 4 unspecified atom stereocenters. The number of rotatable bonds is 13. The molecule has 4 aliphatic heterocycles. The van der Waals surface area contributed by atoms with Crippen molar-refractivity contribution in [3.05, 3.63) is 143 Å². The Morgan fingerprint density at radius 3 is 1.90 bits per heavy atom. The van der Waals surface area contributed by atoms with Crippen molar-refractivity contribution in [3.63, 3.8) is 0 Å². The van der Waals surface area contributed by atoms with E-state index in [1.165, 1.54) is 24.3 Å². The van der Waals surface area contributed by atoms with E-state index in [0.717, 1.165) is 11.1 Å². The molecule has 8 rings (SSSR count). The number of hydrogen-bond donors (Lipinski definition) is 3.